The molecule has 8 nitrogen and oxygen atoms in total. The number of carbonyl (C=O) groups excluding carboxylic acids is 2. The number of amides is 2. The standard InChI is InChI=1S/C21H27N3O5S/c1-16(24(30(3,27)28)17-10-5-4-6-11-17)20(25)23-19-13-8-7-12-18(19)21(26)22-14-9-15-29-2/h4-8,10-13,16H,9,14-15H2,1-3H3,(H,22,26)(H,23,25)/t16-/m1/s1. The average Bonchev–Trinajstić information content (AvgIpc) is 2.71. The van der Waals surface area contributed by atoms with Crippen LogP contribution in [-0.4, -0.2) is 52.8 Å². The molecule has 0 spiro atoms. The van der Waals surface area contributed by atoms with E-state index in [2.05, 4.69) is 10.6 Å². The molecule has 30 heavy (non-hydrogen) atoms. The van der Waals surface area contributed by atoms with Crippen LogP contribution in [-0.2, 0) is 19.6 Å². The number of methoxy groups -OCH3 is 1. The fourth-order valence-corrected chi connectivity index (χ4v) is 4.10. The maximum Gasteiger partial charge on any atom is 0.253 e. The summed E-state index contributed by atoms with van der Waals surface area (Å²) in [6.45, 7) is 2.45. The van der Waals surface area contributed by atoms with Crippen LogP contribution in [0.25, 0.3) is 0 Å². The zero-order valence-electron chi connectivity index (χ0n) is 17.3. The van der Waals surface area contributed by atoms with Crippen LogP contribution in [0.2, 0.25) is 0 Å². The van der Waals surface area contributed by atoms with Crippen LogP contribution in [0.3, 0.4) is 0 Å². The zero-order valence-corrected chi connectivity index (χ0v) is 18.1. The second-order valence-electron chi connectivity index (χ2n) is 6.71. The van der Waals surface area contributed by atoms with Gasteiger partial charge in [0.05, 0.1) is 23.2 Å². The Morgan fingerprint density at radius 1 is 1.07 bits per heavy atom. The van der Waals surface area contributed by atoms with E-state index in [1.54, 1.807) is 61.7 Å². The third-order valence-corrected chi connectivity index (χ3v) is 5.58. The van der Waals surface area contributed by atoms with Crippen molar-refractivity contribution in [3.63, 3.8) is 0 Å². The fraction of sp³-hybridized carbons (Fsp3) is 0.333. The number of sulfonamides is 1. The maximum atomic E-state index is 12.9. The van der Waals surface area contributed by atoms with Gasteiger partial charge in [-0.05, 0) is 37.6 Å². The van der Waals surface area contributed by atoms with Crippen molar-refractivity contribution in [1.29, 1.82) is 0 Å². The van der Waals surface area contributed by atoms with Gasteiger partial charge in [0.1, 0.15) is 6.04 Å². The molecule has 162 valence electrons. The van der Waals surface area contributed by atoms with E-state index >= 15 is 0 Å². The highest BCUT2D eigenvalue weighted by Crippen LogP contribution is 2.22. The van der Waals surface area contributed by atoms with Crippen molar-refractivity contribution < 1.29 is 22.7 Å². The van der Waals surface area contributed by atoms with E-state index in [0.717, 1.165) is 10.6 Å². The third-order valence-electron chi connectivity index (χ3n) is 4.34. The van der Waals surface area contributed by atoms with Crippen molar-refractivity contribution in [1.82, 2.24) is 5.32 Å². The number of nitrogens with zero attached hydrogens (tertiary/aromatic N) is 1. The van der Waals surface area contributed by atoms with Gasteiger partial charge in [0.2, 0.25) is 15.9 Å². The van der Waals surface area contributed by atoms with Crippen molar-refractivity contribution >= 4 is 33.2 Å². The van der Waals surface area contributed by atoms with E-state index in [9.17, 15) is 18.0 Å². The van der Waals surface area contributed by atoms with Crippen molar-refractivity contribution in [2.45, 2.75) is 19.4 Å². The molecule has 0 unspecified atom stereocenters. The Bertz CT molecular complexity index is 964. The fourth-order valence-electron chi connectivity index (χ4n) is 2.92. The Kier molecular flexibility index (Phi) is 8.37. The molecule has 0 saturated carbocycles. The SMILES string of the molecule is COCCCNC(=O)c1ccccc1NC(=O)[C@@H](C)N(c1ccccc1)S(C)(=O)=O. The molecule has 2 aromatic rings. The van der Waals surface area contributed by atoms with Gasteiger partial charge < -0.3 is 15.4 Å². The predicted octanol–water partition coefficient (Wildman–Crippen LogP) is 2.25. The van der Waals surface area contributed by atoms with Crippen LogP contribution >= 0.6 is 0 Å². The average molecular weight is 434 g/mol. The number of rotatable bonds is 10. The number of ether oxygens (including phenoxy) is 1. The number of nitrogens with one attached hydrogen (secondary N) is 2. The second-order valence-corrected chi connectivity index (χ2v) is 8.57. The minimum absolute atomic E-state index is 0.293. The first-order valence-electron chi connectivity index (χ1n) is 9.47. The Morgan fingerprint density at radius 3 is 2.33 bits per heavy atom. The molecule has 0 radical (unpaired) electrons. The Hall–Kier alpha value is -2.91. The highest BCUT2D eigenvalue weighted by Gasteiger charge is 2.29. The second kappa shape index (κ2) is 10.7. The molecule has 0 aliphatic carbocycles. The smallest absolute Gasteiger partial charge is 0.253 e. The Labute approximate surface area is 177 Å². The molecule has 0 fully saturated rings. The monoisotopic (exact) mass is 433 g/mol. The molecular formula is C21H27N3O5S. The minimum Gasteiger partial charge on any atom is -0.385 e. The number of carbonyl (C=O) groups is 2. The van der Waals surface area contributed by atoms with E-state index < -0.39 is 22.0 Å². The molecule has 0 aromatic heterocycles. The largest absolute Gasteiger partial charge is 0.385 e. The number of benzene rings is 2. The van der Waals surface area contributed by atoms with Crippen LogP contribution in [0.15, 0.2) is 54.6 Å². The summed E-state index contributed by atoms with van der Waals surface area (Å²) in [7, 11) is -2.13. The lowest BCUT2D eigenvalue weighted by Gasteiger charge is -2.28. The number of hydrogen-bond donors (Lipinski definition) is 2. The predicted molar refractivity (Wildman–Crippen MR) is 117 cm³/mol. The van der Waals surface area contributed by atoms with Crippen molar-refractivity contribution in [3.05, 3.63) is 60.2 Å². The quantitative estimate of drug-likeness (QED) is 0.559. The highest BCUT2D eigenvalue weighted by atomic mass is 32.2. The van der Waals surface area contributed by atoms with Crippen LogP contribution in [0.5, 0.6) is 0 Å². The summed E-state index contributed by atoms with van der Waals surface area (Å²) in [6.07, 6.45) is 1.71. The van der Waals surface area contributed by atoms with Gasteiger partial charge in [-0.3, -0.25) is 13.9 Å². The first-order chi connectivity index (χ1) is 14.3. The Morgan fingerprint density at radius 2 is 1.70 bits per heavy atom. The van der Waals surface area contributed by atoms with Gasteiger partial charge in [0.25, 0.3) is 5.91 Å². The van der Waals surface area contributed by atoms with E-state index in [0.29, 0.717) is 36.5 Å². The van der Waals surface area contributed by atoms with E-state index in [1.165, 1.54) is 6.92 Å². The topological polar surface area (TPSA) is 105 Å². The normalized spacial score (nSPS) is 12.1. The molecule has 0 saturated heterocycles. The number of anilines is 2. The number of hydrogen-bond acceptors (Lipinski definition) is 5. The highest BCUT2D eigenvalue weighted by molar-refractivity contribution is 7.92. The summed E-state index contributed by atoms with van der Waals surface area (Å²) in [5.41, 5.74) is 0.980. The van der Waals surface area contributed by atoms with Gasteiger partial charge in [0.15, 0.2) is 0 Å². The van der Waals surface area contributed by atoms with Crippen LogP contribution in [0.1, 0.15) is 23.7 Å². The van der Waals surface area contributed by atoms with Gasteiger partial charge in [-0.2, -0.15) is 0 Å². The third kappa shape index (κ3) is 6.30. The summed E-state index contributed by atoms with van der Waals surface area (Å²) < 4.78 is 30.7. The lowest BCUT2D eigenvalue weighted by atomic mass is 10.1. The molecular weight excluding hydrogens is 406 g/mol. The van der Waals surface area contributed by atoms with Gasteiger partial charge in [-0.25, -0.2) is 8.42 Å². The Balaban J connectivity index is 2.19. The van der Waals surface area contributed by atoms with Gasteiger partial charge in [-0.15, -0.1) is 0 Å². The molecule has 0 bridgehead atoms. The summed E-state index contributed by atoms with van der Waals surface area (Å²) >= 11 is 0. The van der Waals surface area contributed by atoms with Gasteiger partial charge >= 0.3 is 0 Å². The number of para-hydroxylation sites is 2. The molecule has 0 aliphatic heterocycles. The maximum absolute atomic E-state index is 12.9. The first kappa shape index (κ1) is 23.4. The molecule has 2 aromatic carbocycles. The molecule has 0 aliphatic rings. The first-order valence-corrected chi connectivity index (χ1v) is 11.3. The molecule has 9 heteroatoms. The molecule has 1 atom stereocenters. The van der Waals surface area contributed by atoms with E-state index in [4.69, 9.17) is 4.74 Å². The zero-order chi connectivity index (χ0) is 22.1. The van der Waals surface area contributed by atoms with Crippen LogP contribution in [0, 0.1) is 0 Å². The summed E-state index contributed by atoms with van der Waals surface area (Å²) in [4.78, 5) is 25.4. The lowest BCUT2D eigenvalue weighted by Crippen LogP contribution is -2.45. The van der Waals surface area contributed by atoms with E-state index in [1.807, 2.05) is 0 Å². The molecule has 0 heterocycles. The summed E-state index contributed by atoms with van der Waals surface area (Å²) in [5.74, 6) is -0.887. The van der Waals surface area contributed by atoms with Crippen LogP contribution in [0.4, 0.5) is 11.4 Å². The van der Waals surface area contributed by atoms with Crippen molar-refractivity contribution in [2.75, 3.05) is 36.1 Å². The van der Waals surface area contributed by atoms with Crippen LogP contribution < -0.4 is 14.9 Å². The molecule has 2 amide bonds. The lowest BCUT2D eigenvalue weighted by molar-refractivity contribution is -0.116. The van der Waals surface area contributed by atoms with Gasteiger partial charge in [0, 0.05) is 20.3 Å². The summed E-state index contributed by atoms with van der Waals surface area (Å²) in [5, 5.41) is 5.46. The molecule has 2 rings (SSSR count). The van der Waals surface area contributed by atoms with Gasteiger partial charge in [-0.1, -0.05) is 30.3 Å². The summed E-state index contributed by atoms with van der Waals surface area (Å²) in [6, 6.07) is 13.9. The minimum atomic E-state index is -3.72. The molecule has 2 N–H and O–H groups in total. The van der Waals surface area contributed by atoms with E-state index in [-0.39, 0.29) is 5.91 Å². The van der Waals surface area contributed by atoms with Crippen molar-refractivity contribution in [3.8, 4) is 0 Å². The van der Waals surface area contributed by atoms with Crippen molar-refractivity contribution in [2.24, 2.45) is 0 Å².